The first-order valence-corrected chi connectivity index (χ1v) is 16.3. The Morgan fingerprint density at radius 1 is 1.10 bits per heavy atom. The number of carbonyl (C=O) groups excluding carboxylic acids is 3. The molecule has 1 N–H and O–H groups in total. The largest absolute Gasteiger partial charge is 0.483 e. The number of amides is 2. The van der Waals surface area contributed by atoms with Crippen LogP contribution in [0.2, 0.25) is 5.02 Å². The minimum absolute atomic E-state index is 0.0904. The number of Topliss-reactive ketones (excluding diaryl/α,β-unsaturated/α-hetero) is 1. The first-order valence-electron chi connectivity index (χ1n) is 14.4. The SMILES string of the molecule is CCC(=O)CN([C@H]1CCN([C@@H](C)C(=O)N2CCC[C@H]2CN2CCCC2)C1=O)S(=O)(=O)C=Cc1ccc(Cl)cc1.O=CO. The van der Waals surface area contributed by atoms with Crippen LogP contribution in [0.5, 0.6) is 0 Å². The number of ketones is 1. The molecule has 0 spiro atoms. The van der Waals surface area contributed by atoms with Gasteiger partial charge < -0.3 is 19.8 Å². The fraction of sp³-hybridized carbons (Fsp3) is 0.586. The minimum Gasteiger partial charge on any atom is -0.483 e. The lowest BCUT2D eigenvalue weighted by Gasteiger charge is -2.33. The van der Waals surface area contributed by atoms with E-state index in [0.717, 1.165) is 42.2 Å². The smallest absolute Gasteiger partial charge is 0.290 e. The van der Waals surface area contributed by atoms with Crippen LogP contribution in [0.3, 0.4) is 0 Å². The third-order valence-electron chi connectivity index (χ3n) is 8.07. The summed E-state index contributed by atoms with van der Waals surface area (Å²) in [5.74, 6) is -0.804. The number of carboxylic acid groups (broad SMARTS) is 1. The molecule has 0 aliphatic carbocycles. The molecule has 0 bridgehead atoms. The molecule has 3 aliphatic heterocycles. The molecule has 3 saturated heterocycles. The van der Waals surface area contributed by atoms with E-state index in [2.05, 4.69) is 4.90 Å². The number of hydrogen-bond donors (Lipinski definition) is 1. The van der Waals surface area contributed by atoms with E-state index in [1.807, 2.05) is 4.90 Å². The first kappa shape index (κ1) is 33.7. The molecule has 3 atom stereocenters. The van der Waals surface area contributed by atoms with Crippen LogP contribution in [0.25, 0.3) is 6.08 Å². The van der Waals surface area contributed by atoms with E-state index in [0.29, 0.717) is 17.1 Å². The van der Waals surface area contributed by atoms with Crippen molar-refractivity contribution in [3.8, 4) is 0 Å². The van der Waals surface area contributed by atoms with Crippen LogP contribution < -0.4 is 0 Å². The number of likely N-dealkylation sites (tertiary alicyclic amines) is 3. The summed E-state index contributed by atoms with van der Waals surface area (Å²) in [4.78, 5) is 53.7. The van der Waals surface area contributed by atoms with Crippen molar-refractivity contribution in [2.75, 3.05) is 39.3 Å². The van der Waals surface area contributed by atoms with E-state index in [9.17, 15) is 22.8 Å². The Morgan fingerprint density at radius 2 is 1.74 bits per heavy atom. The molecule has 1 aromatic carbocycles. The van der Waals surface area contributed by atoms with Crippen LogP contribution in [0.15, 0.2) is 29.7 Å². The fourth-order valence-corrected chi connectivity index (χ4v) is 7.26. The van der Waals surface area contributed by atoms with Gasteiger partial charge in [0.05, 0.1) is 6.54 Å². The molecule has 0 unspecified atom stereocenters. The van der Waals surface area contributed by atoms with Crippen molar-refractivity contribution in [2.45, 2.75) is 70.5 Å². The fourth-order valence-electron chi connectivity index (χ4n) is 5.77. The van der Waals surface area contributed by atoms with Crippen LogP contribution in [0.1, 0.15) is 57.9 Å². The van der Waals surface area contributed by atoms with Gasteiger partial charge in [0.1, 0.15) is 17.9 Å². The summed E-state index contributed by atoms with van der Waals surface area (Å²) >= 11 is 5.92. The van der Waals surface area contributed by atoms with E-state index in [4.69, 9.17) is 21.5 Å². The summed E-state index contributed by atoms with van der Waals surface area (Å²) in [6.07, 6.45) is 6.07. The van der Waals surface area contributed by atoms with Crippen molar-refractivity contribution in [3.05, 3.63) is 40.3 Å². The van der Waals surface area contributed by atoms with Crippen LogP contribution in [-0.4, -0.2) is 114 Å². The van der Waals surface area contributed by atoms with Crippen molar-refractivity contribution >= 4 is 51.8 Å². The van der Waals surface area contributed by atoms with Gasteiger partial charge >= 0.3 is 0 Å². The Morgan fingerprint density at radius 3 is 2.36 bits per heavy atom. The second-order valence-electron chi connectivity index (χ2n) is 10.8. The highest BCUT2D eigenvalue weighted by Crippen LogP contribution is 2.27. The van der Waals surface area contributed by atoms with Crippen LogP contribution >= 0.6 is 11.6 Å². The van der Waals surface area contributed by atoms with Crippen molar-refractivity contribution < 1.29 is 32.7 Å². The summed E-state index contributed by atoms with van der Waals surface area (Å²) < 4.78 is 27.8. The van der Waals surface area contributed by atoms with Gasteiger partial charge in [0.25, 0.3) is 6.47 Å². The molecule has 0 aromatic heterocycles. The molecule has 4 rings (SSSR count). The summed E-state index contributed by atoms with van der Waals surface area (Å²) in [5.41, 5.74) is 0.623. The predicted molar refractivity (Wildman–Crippen MR) is 160 cm³/mol. The topological polar surface area (TPSA) is 136 Å². The molecule has 42 heavy (non-hydrogen) atoms. The predicted octanol–water partition coefficient (Wildman–Crippen LogP) is 2.70. The average Bonchev–Trinajstić information content (AvgIpc) is 3.73. The molecule has 232 valence electrons. The Kier molecular flexibility index (Phi) is 12.5. The van der Waals surface area contributed by atoms with Crippen molar-refractivity contribution in [3.63, 3.8) is 0 Å². The standard InChI is InChI=1S/C28H39ClN4O5S.CH2O2/c1-3-25(34)20-33(39(37,38)18-13-22-8-10-23(29)11-9-22)26-12-17-31(28(26)36)21(2)27(35)32-16-6-7-24(32)19-30-14-4-5-15-30;2-1-3/h8-11,13,18,21,24,26H,3-7,12,14-17,19-20H2,1-2H3;1H,(H,2,3)/t21-,24-,26-;/m0./s1. The van der Waals surface area contributed by atoms with Crippen molar-refractivity contribution in [1.29, 1.82) is 0 Å². The van der Waals surface area contributed by atoms with Gasteiger partial charge in [-0.2, -0.15) is 4.31 Å². The summed E-state index contributed by atoms with van der Waals surface area (Å²) in [6.45, 7) is 6.67. The zero-order valence-electron chi connectivity index (χ0n) is 24.2. The maximum Gasteiger partial charge on any atom is 0.290 e. The molecular weight excluding hydrogens is 584 g/mol. The van der Waals surface area contributed by atoms with Crippen LogP contribution in [0.4, 0.5) is 0 Å². The van der Waals surface area contributed by atoms with E-state index in [-0.39, 0.29) is 50.1 Å². The molecular formula is C29H41ClN4O7S. The van der Waals surface area contributed by atoms with Gasteiger partial charge in [0.2, 0.25) is 21.8 Å². The van der Waals surface area contributed by atoms with Gasteiger partial charge in [-0.1, -0.05) is 30.7 Å². The van der Waals surface area contributed by atoms with Crippen LogP contribution in [-0.2, 0) is 29.2 Å². The molecule has 11 nitrogen and oxygen atoms in total. The van der Waals surface area contributed by atoms with Crippen LogP contribution in [0, 0.1) is 0 Å². The molecule has 3 heterocycles. The second-order valence-corrected chi connectivity index (χ2v) is 13.0. The summed E-state index contributed by atoms with van der Waals surface area (Å²) in [6, 6.07) is 5.08. The van der Waals surface area contributed by atoms with Gasteiger partial charge in [-0.05, 0) is 75.9 Å². The van der Waals surface area contributed by atoms with Gasteiger partial charge in [0.15, 0.2) is 0 Å². The summed E-state index contributed by atoms with van der Waals surface area (Å²) in [7, 11) is -4.11. The number of nitrogens with zero attached hydrogens (tertiary/aromatic N) is 4. The maximum absolute atomic E-state index is 13.6. The molecule has 2 amide bonds. The summed E-state index contributed by atoms with van der Waals surface area (Å²) in [5, 5.41) is 8.44. The average molecular weight is 625 g/mol. The highest BCUT2D eigenvalue weighted by atomic mass is 35.5. The van der Waals surface area contributed by atoms with Crippen molar-refractivity contribution in [2.24, 2.45) is 0 Å². The lowest BCUT2D eigenvalue weighted by atomic mass is 10.2. The number of rotatable bonds is 11. The quantitative estimate of drug-likeness (QED) is 0.371. The highest BCUT2D eigenvalue weighted by molar-refractivity contribution is 7.92. The Hall–Kier alpha value is -2.80. The van der Waals surface area contributed by atoms with E-state index >= 15 is 0 Å². The second kappa shape index (κ2) is 15.6. The molecule has 13 heteroatoms. The zero-order chi connectivity index (χ0) is 30.9. The van der Waals surface area contributed by atoms with Crippen molar-refractivity contribution in [1.82, 2.24) is 19.0 Å². The van der Waals surface area contributed by atoms with E-state index < -0.39 is 28.0 Å². The number of halogens is 1. The Bertz CT molecular complexity index is 1230. The number of sulfonamides is 1. The van der Waals surface area contributed by atoms with E-state index in [1.165, 1.54) is 23.8 Å². The van der Waals surface area contributed by atoms with Gasteiger partial charge in [-0.15, -0.1) is 0 Å². The molecule has 1 aromatic rings. The number of benzene rings is 1. The monoisotopic (exact) mass is 624 g/mol. The van der Waals surface area contributed by atoms with Gasteiger partial charge in [-0.3, -0.25) is 19.2 Å². The highest BCUT2D eigenvalue weighted by Gasteiger charge is 2.45. The third-order valence-corrected chi connectivity index (χ3v) is 9.84. The first-order chi connectivity index (χ1) is 20.0. The minimum atomic E-state index is -4.11. The van der Waals surface area contributed by atoms with Gasteiger partial charge in [-0.25, -0.2) is 8.42 Å². The zero-order valence-corrected chi connectivity index (χ0v) is 25.8. The molecule has 3 fully saturated rings. The lowest BCUT2D eigenvalue weighted by Crippen LogP contribution is -2.53. The number of hydrogen-bond acceptors (Lipinski definition) is 7. The lowest BCUT2D eigenvalue weighted by molar-refractivity contribution is -0.144. The number of carbonyl (C=O) groups is 4. The normalized spacial score (nSPS) is 22.0. The Balaban J connectivity index is 0.00000155. The third kappa shape index (κ3) is 8.62. The molecule has 3 aliphatic rings. The van der Waals surface area contributed by atoms with E-state index in [1.54, 1.807) is 38.1 Å². The maximum atomic E-state index is 13.6. The molecule has 0 saturated carbocycles. The Labute approximate surface area is 253 Å². The van der Waals surface area contributed by atoms with Gasteiger partial charge in [0, 0.05) is 42.5 Å². The molecule has 0 radical (unpaired) electrons.